The average Bonchev–Trinajstić information content (AvgIpc) is 3.01. The summed E-state index contributed by atoms with van der Waals surface area (Å²) in [6.07, 6.45) is 1.76. The maximum atomic E-state index is 12.1. The summed E-state index contributed by atoms with van der Waals surface area (Å²) in [6, 6.07) is 10.8. The van der Waals surface area contributed by atoms with Crippen LogP contribution in [0.15, 0.2) is 47.2 Å². The molecule has 0 fully saturated rings. The number of nitrogens with one attached hydrogen (secondary N) is 1. The highest BCUT2D eigenvalue weighted by Crippen LogP contribution is 2.28. The molecule has 6 heteroatoms. The Kier molecular flexibility index (Phi) is 3.51. The molecule has 0 aliphatic rings. The fraction of sp³-hybridized carbons (Fsp3) is 0.133. The van der Waals surface area contributed by atoms with E-state index in [9.17, 15) is 9.90 Å². The van der Waals surface area contributed by atoms with Gasteiger partial charge in [0.25, 0.3) is 5.91 Å². The molecular weight excluding hydrogens is 270 g/mol. The van der Waals surface area contributed by atoms with E-state index in [0.717, 1.165) is 5.39 Å². The van der Waals surface area contributed by atoms with Gasteiger partial charge in [0, 0.05) is 18.4 Å². The molecule has 0 saturated carbocycles. The summed E-state index contributed by atoms with van der Waals surface area (Å²) in [7, 11) is 0. The van der Waals surface area contributed by atoms with Crippen LogP contribution in [0.4, 0.5) is 0 Å². The van der Waals surface area contributed by atoms with E-state index in [1.807, 2.05) is 24.3 Å². The van der Waals surface area contributed by atoms with Gasteiger partial charge in [0.2, 0.25) is 5.89 Å². The summed E-state index contributed by atoms with van der Waals surface area (Å²) in [5.74, 6) is 0.110. The van der Waals surface area contributed by atoms with E-state index in [1.54, 1.807) is 12.1 Å². The molecule has 0 atom stereocenters. The number of hydrogen-bond donors (Lipinski definition) is 2. The minimum Gasteiger partial charge on any atom is -0.506 e. The summed E-state index contributed by atoms with van der Waals surface area (Å²) in [5, 5.41) is 17.9. The molecular formula is C15H13N3O3. The Hall–Kier alpha value is -2.89. The molecule has 0 unspecified atom stereocenters. The fourth-order valence-electron chi connectivity index (χ4n) is 2.12. The van der Waals surface area contributed by atoms with Crippen molar-refractivity contribution in [1.82, 2.24) is 15.5 Å². The highest BCUT2D eigenvalue weighted by Gasteiger charge is 2.13. The minimum absolute atomic E-state index is 0.0107. The van der Waals surface area contributed by atoms with Crippen molar-refractivity contribution in [2.75, 3.05) is 6.54 Å². The van der Waals surface area contributed by atoms with Crippen molar-refractivity contribution < 1.29 is 14.4 Å². The van der Waals surface area contributed by atoms with Crippen LogP contribution in [0.2, 0.25) is 0 Å². The second-order valence-corrected chi connectivity index (χ2v) is 4.52. The quantitative estimate of drug-likeness (QED) is 0.763. The van der Waals surface area contributed by atoms with Crippen molar-refractivity contribution in [2.24, 2.45) is 0 Å². The molecule has 2 aromatic carbocycles. The normalized spacial score (nSPS) is 10.7. The molecule has 2 N–H and O–H groups in total. The second-order valence-electron chi connectivity index (χ2n) is 4.52. The molecule has 0 aliphatic heterocycles. The Bertz CT molecular complexity index is 769. The topological polar surface area (TPSA) is 88.3 Å². The molecule has 0 saturated heterocycles. The number of fused-ring (bicyclic) bond motifs is 1. The summed E-state index contributed by atoms with van der Waals surface area (Å²) in [6.45, 7) is 0.354. The highest BCUT2D eigenvalue weighted by molar-refractivity contribution is 6.03. The van der Waals surface area contributed by atoms with Crippen molar-refractivity contribution in [2.45, 2.75) is 6.42 Å². The maximum Gasteiger partial charge on any atom is 0.255 e. The number of rotatable bonds is 4. The molecule has 1 aromatic heterocycles. The number of nitrogens with zero attached hydrogens (tertiary/aromatic N) is 2. The number of phenolic OH excluding ortho intramolecular Hbond substituents is 1. The summed E-state index contributed by atoms with van der Waals surface area (Å²) >= 11 is 0. The third-order valence-electron chi connectivity index (χ3n) is 3.18. The van der Waals surface area contributed by atoms with Crippen molar-refractivity contribution in [3.05, 3.63) is 54.2 Å². The Morgan fingerprint density at radius 1 is 1.24 bits per heavy atom. The van der Waals surface area contributed by atoms with Gasteiger partial charge < -0.3 is 14.9 Å². The first kappa shape index (κ1) is 13.1. The van der Waals surface area contributed by atoms with Crippen molar-refractivity contribution in [3.63, 3.8) is 0 Å². The SMILES string of the molecule is O=C(NCCc1ncno1)c1ccc2ccccc2c1O. The zero-order valence-electron chi connectivity index (χ0n) is 11.1. The zero-order chi connectivity index (χ0) is 14.7. The molecule has 106 valence electrons. The van der Waals surface area contributed by atoms with E-state index in [2.05, 4.69) is 15.5 Å². The van der Waals surface area contributed by atoms with Gasteiger partial charge >= 0.3 is 0 Å². The number of carbonyl (C=O) groups excluding carboxylic acids is 1. The lowest BCUT2D eigenvalue weighted by molar-refractivity contribution is 0.0951. The number of hydrogen-bond acceptors (Lipinski definition) is 5. The molecule has 6 nitrogen and oxygen atoms in total. The van der Waals surface area contributed by atoms with Gasteiger partial charge in [-0.05, 0) is 11.5 Å². The Morgan fingerprint density at radius 2 is 2.10 bits per heavy atom. The van der Waals surface area contributed by atoms with E-state index in [1.165, 1.54) is 6.33 Å². The van der Waals surface area contributed by atoms with Crippen LogP contribution in [0.1, 0.15) is 16.2 Å². The van der Waals surface area contributed by atoms with Crippen LogP contribution in [0.3, 0.4) is 0 Å². The molecule has 1 amide bonds. The Balaban J connectivity index is 1.74. The van der Waals surface area contributed by atoms with Crippen LogP contribution in [0, 0.1) is 0 Å². The first-order valence-electron chi connectivity index (χ1n) is 6.50. The van der Waals surface area contributed by atoms with Crippen molar-refractivity contribution in [3.8, 4) is 5.75 Å². The van der Waals surface area contributed by atoms with Crippen LogP contribution < -0.4 is 5.32 Å². The number of benzene rings is 2. The molecule has 0 spiro atoms. The lowest BCUT2D eigenvalue weighted by atomic mass is 10.0. The Labute approximate surface area is 120 Å². The van der Waals surface area contributed by atoms with Gasteiger partial charge in [-0.15, -0.1) is 0 Å². The lowest BCUT2D eigenvalue weighted by Gasteiger charge is -2.08. The van der Waals surface area contributed by atoms with Crippen LogP contribution >= 0.6 is 0 Å². The van der Waals surface area contributed by atoms with Gasteiger partial charge in [0.1, 0.15) is 5.75 Å². The van der Waals surface area contributed by atoms with Gasteiger partial charge in [0.15, 0.2) is 6.33 Å². The fourth-order valence-corrected chi connectivity index (χ4v) is 2.12. The van der Waals surface area contributed by atoms with E-state index in [0.29, 0.717) is 24.2 Å². The van der Waals surface area contributed by atoms with E-state index >= 15 is 0 Å². The van der Waals surface area contributed by atoms with E-state index in [4.69, 9.17) is 4.52 Å². The standard InChI is InChI=1S/C15H13N3O3/c19-14-11-4-2-1-3-10(11)5-6-12(14)15(20)16-8-7-13-17-9-18-21-13/h1-6,9,19H,7-8H2,(H,16,20). The summed E-state index contributed by atoms with van der Waals surface area (Å²) in [4.78, 5) is 16.0. The van der Waals surface area contributed by atoms with Gasteiger partial charge in [-0.1, -0.05) is 35.5 Å². The summed E-state index contributed by atoms with van der Waals surface area (Å²) in [5.41, 5.74) is 0.249. The number of aromatic hydroxyl groups is 1. The predicted molar refractivity (Wildman–Crippen MR) is 75.9 cm³/mol. The molecule has 1 heterocycles. The van der Waals surface area contributed by atoms with E-state index in [-0.39, 0.29) is 17.2 Å². The lowest BCUT2D eigenvalue weighted by Crippen LogP contribution is -2.25. The second kappa shape index (κ2) is 5.62. The third kappa shape index (κ3) is 2.69. The van der Waals surface area contributed by atoms with Gasteiger partial charge in [-0.3, -0.25) is 4.79 Å². The molecule has 3 aromatic rings. The first-order valence-corrected chi connectivity index (χ1v) is 6.50. The molecule has 21 heavy (non-hydrogen) atoms. The van der Waals surface area contributed by atoms with Crippen LogP contribution in [-0.4, -0.2) is 27.7 Å². The monoisotopic (exact) mass is 283 g/mol. The van der Waals surface area contributed by atoms with Gasteiger partial charge in [-0.25, -0.2) is 0 Å². The summed E-state index contributed by atoms with van der Waals surface area (Å²) < 4.78 is 4.84. The highest BCUT2D eigenvalue weighted by atomic mass is 16.5. The van der Waals surface area contributed by atoms with Crippen molar-refractivity contribution in [1.29, 1.82) is 0 Å². The Morgan fingerprint density at radius 3 is 2.90 bits per heavy atom. The van der Waals surface area contributed by atoms with Crippen LogP contribution in [0.5, 0.6) is 5.75 Å². The number of carbonyl (C=O) groups is 1. The van der Waals surface area contributed by atoms with Gasteiger partial charge in [0.05, 0.1) is 5.56 Å². The molecule has 0 bridgehead atoms. The largest absolute Gasteiger partial charge is 0.506 e. The predicted octanol–water partition coefficient (Wildman–Crippen LogP) is 1.90. The van der Waals surface area contributed by atoms with Crippen molar-refractivity contribution >= 4 is 16.7 Å². The zero-order valence-corrected chi connectivity index (χ0v) is 11.1. The third-order valence-corrected chi connectivity index (χ3v) is 3.18. The van der Waals surface area contributed by atoms with Crippen LogP contribution in [-0.2, 0) is 6.42 Å². The number of aromatic nitrogens is 2. The average molecular weight is 283 g/mol. The molecule has 0 aliphatic carbocycles. The van der Waals surface area contributed by atoms with E-state index < -0.39 is 0 Å². The first-order chi connectivity index (χ1) is 10.3. The van der Waals surface area contributed by atoms with Gasteiger partial charge in [-0.2, -0.15) is 4.98 Å². The minimum atomic E-state index is -0.335. The number of amides is 1. The number of phenols is 1. The maximum absolute atomic E-state index is 12.1. The van der Waals surface area contributed by atoms with Crippen LogP contribution in [0.25, 0.3) is 10.8 Å². The molecule has 0 radical (unpaired) electrons. The smallest absolute Gasteiger partial charge is 0.255 e. The molecule has 3 rings (SSSR count).